The summed E-state index contributed by atoms with van der Waals surface area (Å²) >= 11 is 0. The molecule has 284 valence electrons. The third-order valence-electron chi connectivity index (χ3n) is 7.04. The Morgan fingerprint density at radius 3 is 0.837 bits per heavy atom. The van der Waals surface area contributed by atoms with Gasteiger partial charge in [-0.2, -0.15) is 0 Å². The van der Waals surface area contributed by atoms with Gasteiger partial charge in [0, 0.05) is 156 Å². The highest BCUT2D eigenvalue weighted by Crippen LogP contribution is 1.97. The molecule has 0 unspecified atom stereocenters. The van der Waals surface area contributed by atoms with Gasteiger partial charge in [0.25, 0.3) is 0 Å². The van der Waals surface area contributed by atoms with Crippen LogP contribution in [0.2, 0.25) is 0 Å². The molecule has 0 aliphatic rings. The fraction of sp³-hybridized carbons (Fsp3) is 0.800. The minimum absolute atomic E-state index is 0.130. The minimum Gasteiger partial charge on any atom is -0.355 e. The SMILES string of the molecule is NCCNC(=O)CCN(CCNC(=O)CCNCCC(=O)NCCN(CCC(=O)NCCN)CCC(=O)NCCN)CCC(=O)NCCN. The zero-order valence-electron chi connectivity index (χ0n) is 29.1. The number of nitrogens with zero attached hydrogens (tertiary/aromatic N) is 2. The molecule has 0 bridgehead atoms. The molecule has 0 aromatic heterocycles. The zero-order valence-corrected chi connectivity index (χ0v) is 29.1. The molecular formula is C30H63N13O6. The fourth-order valence-electron chi connectivity index (χ4n) is 4.32. The maximum atomic E-state index is 12.3. The lowest BCUT2D eigenvalue weighted by Gasteiger charge is -2.22. The van der Waals surface area contributed by atoms with E-state index in [4.69, 9.17) is 22.9 Å². The third-order valence-corrected chi connectivity index (χ3v) is 7.04. The van der Waals surface area contributed by atoms with E-state index in [1.54, 1.807) is 0 Å². The number of carbonyl (C=O) groups is 6. The van der Waals surface area contributed by atoms with Crippen molar-refractivity contribution in [1.82, 2.24) is 47.0 Å². The van der Waals surface area contributed by atoms with Gasteiger partial charge in [0.15, 0.2) is 0 Å². The Morgan fingerprint density at radius 2 is 0.571 bits per heavy atom. The normalized spacial score (nSPS) is 10.9. The highest BCUT2D eigenvalue weighted by Gasteiger charge is 2.13. The lowest BCUT2D eigenvalue weighted by atomic mass is 10.3. The van der Waals surface area contributed by atoms with E-state index in [0.29, 0.717) is 118 Å². The first-order valence-electron chi connectivity index (χ1n) is 17.2. The Bertz CT molecular complexity index is 824. The first kappa shape index (κ1) is 45.5. The number of amides is 6. The summed E-state index contributed by atoms with van der Waals surface area (Å²) in [6.07, 6.45) is 1.43. The predicted octanol–water partition coefficient (Wildman–Crippen LogP) is -5.95. The van der Waals surface area contributed by atoms with Crippen LogP contribution in [-0.2, 0) is 28.8 Å². The van der Waals surface area contributed by atoms with Crippen molar-refractivity contribution in [3.8, 4) is 0 Å². The van der Waals surface area contributed by atoms with Gasteiger partial charge in [0.2, 0.25) is 35.4 Å². The predicted molar refractivity (Wildman–Crippen MR) is 188 cm³/mol. The minimum atomic E-state index is -0.160. The Kier molecular flexibility index (Phi) is 29.5. The second-order valence-electron chi connectivity index (χ2n) is 11.2. The Hall–Kier alpha value is -3.46. The average molecular weight is 702 g/mol. The van der Waals surface area contributed by atoms with E-state index in [2.05, 4.69) is 37.2 Å². The molecule has 0 aromatic rings. The maximum Gasteiger partial charge on any atom is 0.221 e. The molecule has 0 saturated heterocycles. The number of nitrogens with one attached hydrogen (secondary N) is 7. The largest absolute Gasteiger partial charge is 0.355 e. The van der Waals surface area contributed by atoms with Crippen molar-refractivity contribution >= 4 is 35.4 Å². The molecule has 6 amide bonds. The number of nitrogens with two attached hydrogens (primary N) is 4. The monoisotopic (exact) mass is 702 g/mol. The lowest BCUT2D eigenvalue weighted by Crippen LogP contribution is -2.40. The first-order valence-corrected chi connectivity index (χ1v) is 17.2. The highest BCUT2D eigenvalue weighted by atomic mass is 16.2. The third kappa shape index (κ3) is 29.2. The molecule has 0 aromatic carbocycles. The quantitative estimate of drug-likeness (QED) is 0.0292. The van der Waals surface area contributed by atoms with Crippen LogP contribution in [0.25, 0.3) is 0 Å². The molecule has 0 heterocycles. The molecule has 19 nitrogen and oxygen atoms in total. The van der Waals surface area contributed by atoms with Gasteiger partial charge in [-0.25, -0.2) is 0 Å². The number of hydrogen-bond donors (Lipinski definition) is 11. The van der Waals surface area contributed by atoms with Crippen molar-refractivity contribution < 1.29 is 28.8 Å². The molecule has 0 aliphatic heterocycles. The standard InChI is InChI=1S/C30H63N13O6/c31-7-13-36-27(46)3-19-42(20-4-28(47)37-14-8-32)23-17-40-25(44)1-11-35-12-2-26(45)41-18-24-43(21-5-29(48)38-15-9-33)22-6-30(49)39-16-10-34/h35H,1-24,31-34H2,(H,36,46)(H,37,47)(H,38,48)(H,39,49)(H,40,44)(H,41,45). The summed E-state index contributed by atoms with van der Waals surface area (Å²) in [5, 5.41) is 19.7. The molecule has 19 heteroatoms. The van der Waals surface area contributed by atoms with Crippen LogP contribution < -0.4 is 60.2 Å². The summed E-state index contributed by atoms with van der Waals surface area (Å²) < 4.78 is 0. The number of hydrogen-bond acceptors (Lipinski definition) is 13. The van der Waals surface area contributed by atoms with Crippen LogP contribution >= 0.6 is 0 Å². The zero-order chi connectivity index (χ0) is 36.5. The van der Waals surface area contributed by atoms with Crippen LogP contribution in [0.1, 0.15) is 38.5 Å². The molecule has 0 fully saturated rings. The average Bonchev–Trinajstić information content (AvgIpc) is 3.09. The van der Waals surface area contributed by atoms with Gasteiger partial charge in [0.05, 0.1) is 0 Å². The lowest BCUT2D eigenvalue weighted by molar-refractivity contribution is -0.123. The first-order chi connectivity index (χ1) is 23.6. The molecule has 0 atom stereocenters. The van der Waals surface area contributed by atoms with Gasteiger partial charge >= 0.3 is 0 Å². The van der Waals surface area contributed by atoms with Crippen LogP contribution in [0.4, 0.5) is 0 Å². The van der Waals surface area contributed by atoms with Crippen LogP contribution in [-0.4, -0.2) is 163 Å². The molecule has 0 aliphatic carbocycles. The van der Waals surface area contributed by atoms with E-state index in [1.165, 1.54) is 0 Å². The molecule has 49 heavy (non-hydrogen) atoms. The van der Waals surface area contributed by atoms with Crippen LogP contribution in [0, 0.1) is 0 Å². The number of carbonyl (C=O) groups excluding carboxylic acids is 6. The van der Waals surface area contributed by atoms with E-state index in [1.807, 2.05) is 9.80 Å². The Morgan fingerprint density at radius 1 is 0.327 bits per heavy atom. The second-order valence-corrected chi connectivity index (χ2v) is 11.2. The Balaban J connectivity index is 4.39. The summed E-state index contributed by atoms with van der Waals surface area (Å²) in [4.78, 5) is 76.5. The van der Waals surface area contributed by atoms with Gasteiger partial charge in [-0.05, 0) is 0 Å². The van der Waals surface area contributed by atoms with Gasteiger partial charge in [-0.1, -0.05) is 0 Å². The summed E-state index contributed by atoms with van der Waals surface area (Å²) in [5.41, 5.74) is 21.7. The van der Waals surface area contributed by atoms with Gasteiger partial charge in [-0.3, -0.25) is 28.8 Å². The van der Waals surface area contributed by atoms with Crippen molar-refractivity contribution in [2.75, 3.05) is 118 Å². The van der Waals surface area contributed by atoms with E-state index in [0.717, 1.165) is 0 Å². The second kappa shape index (κ2) is 31.8. The molecule has 0 spiro atoms. The smallest absolute Gasteiger partial charge is 0.221 e. The molecular weight excluding hydrogens is 638 g/mol. The van der Waals surface area contributed by atoms with Crippen molar-refractivity contribution in [2.24, 2.45) is 22.9 Å². The summed E-state index contributed by atoms with van der Waals surface area (Å²) in [6.45, 7) is 7.10. The maximum absolute atomic E-state index is 12.3. The van der Waals surface area contributed by atoms with Gasteiger partial charge in [-0.15, -0.1) is 0 Å². The molecule has 0 rings (SSSR count). The van der Waals surface area contributed by atoms with E-state index in [-0.39, 0.29) is 74.0 Å². The molecule has 0 radical (unpaired) electrons. The fourth-order valence-corrected chi connectivity index (χ4v) is 4.32. The van der Waals surface area contributed by atoms with Crippen LogP contribution in [0.15, 0.2) is 0 Å². The van der Waals surface area contributed by atoms with Crippen molar-refractivity contribution in [3.05, 3.63) is 0 Å². The molecule has 15 N–H and O–H groups in total. The van der Waals surface area contributed by atoms with Crippen LogP contribution in [0.3, 0.4) is 0 Å². The topological polar surface area (TPSA) is 297 Å². The van der Waals surface area contributed by atoms with Crippen molar-refractivity contribution in [1.29, 1.82) is 0 Å². The van der Waals surface area contributed by atoms with Crippen LogP contribution in [0.5, 0.6) is 0 Å². The molecule has 0 saturated carbocycles. The van der Waals surface area contributed by atoms with Crippen molar-refractivity contribution in [3.63, 3.8) is 0 Å². The van der Waals surface area contributed by atoms with E-state index >= 15 is 0 Å². The summed E-state index contributed by atoms with van der Waals surface area (Å²) in [5.74, 6) is -0.842. The van der Waals surface area contributed by atoms with Gasteiger partial charge < -0.3 is 70.0 Å². The highest BCUT2D eigenvalue weighted by molar-refractivity contribution is 5.78. The number of rotatable bonds is 32. The van der Waals surface area contributed by atoms with E-state index < -0.39 is 0 Å². The Labute approximate surface area is 290 Å². The summed E-state index contributed by atoms with van der Waals surface area (Å²) in [7, 11) is 0. The summed E-state index contributed by atoms with van der Waals surface area (Å²) in [6, 6.07) is 0. The van der Waals surface area contributed by atoms with E-state index in [9.17, 15) is 28.8 Å². The van der Waals surface area contributed by atoms with Crippen molar-refractivity contribution in [2.45, 2.75) is 38.5 Å². The van der Waals surface area contributed by atoms with Gasteiger partial charge in [0.1, 0.15) is 0 Å².